The van der Waals surface area contributed by atoms with Crippen LogP contribution < -0.4 is 10.2 Å². The highest BCUT2D eigenvalue weighted by molar-refractivity contribution is 6.42. The van der Waals surface area contributed by atoms with Gasteiger partial charge in [-0.1, -0.05) is 35.3 Å². The fourth-order valence-electron chi connectivity index (χ4n) is 2.53. The van der Waals surface area contributed by atoms with Gasteiger partial charge in [0.25, 0.3) is 11.8 Å². The van der Waals surface area contributed by atoms with Crippen molar-refractivity contribution in [2.24, 2.45) is 0 Å². The van der Waals surface area contributed by atoms with Gasteiger partial charge in [-0.3, -0.25) is 14.9 Å². The summed E-state index contributed by atoms with van der Waals surface area (Å²) in [5.41, 5.74) is 2.70. The molecular weight excluding hydrogens is 375 g/mol. The molecule has 7 heteroatoms. The van der Waals surface area contributed by atoms with Crippen molar-refractivity contribution in [2.75, 3.05) is 4.90 Å². The second kappa shape index (κ2) is 6.94. The third-order valence-electron chi connectivity index (χ3n) is 4.11. The van der Waals surface area contributed by atoms with Gasteiger partial charge >= 0.3 is 6.03 Å². The maximum atomic E-state index is 12.8. The molecule has 2 aromatic carbocycles. The lowest BCUT2D eigenvalue weighted by Gasteiger charge is -2.26. The summed E-state index contributed by atoms with van der Waals surface area (Å²) in [5.74, 6) is -1.46. The monoisotopic (exact) mass is 388 g/mol. The van der Waals surface area contributed by atoms with Gasteiger partial charge in [0.05, 0.1) is 15.7 Å². The van der Waals surface area contributed by atoms with E-state index >= 15 is 0 Å². The zero-order chi connectivity index (χ0) is 19.0. The largest absolute Gasteiger partial charge is 0.335 e. The van der Waals surface area contributed by atoms with Crippen LogP contribution in [0.1, 0.15) is 16.7 Å². The number of nitrogens with zero attached hydrogens (tertiary/aromatic N) is 1. The number of halogens is 2. The Morgan fingerprint density at radius 3 is 2.31 bits per heavy atom. The van der Waals surface area contributed by atoms with Crippen molar-refractivity contribution in [3.05, 3.63) is 68.7 Å². The minimum absolute atomic E-state index is 0.166. The normalized spacial score (nSPS) is 16.2. The van der Waals surface area contributed by atoms with Gasteiger partial charge in [0.15, 0.2) is 0 Å². The van der Waals surface area contributed by atoms with Crippen molar-refractivity contribution in [3.8, 4) is 0 Å². The number of barbiturate groups is 1. The van der Waals surface area contributed by atoms with E-state index in [1.54, 1.807) is 24.3 Å². The number of amides is 4. The van der Waals surface area contributed by atoms with Crippen LogP contribution >= 0.6 is 23.2 Å². The number of hydrogen-bond donors (Lipinski definition) is 1. The Morgan fingerprint density at radius 1 is 0.923 bits per heavy atom. The van der Waals surface area contributed by atoms with E-state index in [0.717, 1.165) is 16.0 Å². The maximum Gasteiger partial charge on any atom is 0.335 e. The highest BCUT2D eigenvalue weighted by atomic mass is 35.5. The first-order valence-corrected chi connectivity index (χ1v) is 8.47. The predicted molar refractivity (Wildman–Crippen MR) is 101 cm³/mol. The van der Waals surface area contributed by atoms with Gasteiger partial charge in [-0.2, -0.15) is 0 Å². The average Bonchev–Trinajstić information content (AvgIpc) is 2.57. The zero-order valence-electron chi connectivity index (χ0n) is 14.0. The van der Waals surface area contributed by atoms with Gasteiger partial charge in [0.2, 0.25) is 0 Å². The predicted octanol–water partition coefficient (Wildman–Crippen LogP) is 4.28. The molecular formula is C19H14Cl2N2O3. The first-order chi connectivity index (χ1) is 12.3. The molecule has 5 nitrogen and oxygen atoms in total. The molecule has 0 radical (unpaired) electrons. The van der Waals surface area contributed by atoms with Crippen molar-refractivity contribution < 1.29 is 14.4 Å². The molecule has 132 valence electrons. The molecule has 0 aromatic heterocycles. The highest BCUT2D eigenvalue weighted by Crippen LogP contribution is 2.26. The third kappa shape index (κ3) is 3.36. The van der Waals surface area contributed by atoms with E-state index in [1.807, 2.05) is 19.9 Å². The van der Waals surface area contributed by atoms with Gasteiger partial charge in [0, 0.05) is 0 Å². The summed E-state index contributed by atoms with van der Waals surface area (Å²) in [6.07, 6.45) is 1.38. The average molecular weight is 389 g/mol. The molecule has 0 aliphatic carbocycles. The second-order valence-corrected chi connectivity index (χ2v) is 6.71. The zero-order valence-corrected chi connectivity index (χ0v) is 15.5. The van der Waals surface area contributed by atoms with E-state index in [4.69, 9.17) is 23.2 Å². The van der Waals surface area contributed by atoms with Gasteiger partial charge in [0.1, 0.15) is 5.57 Å². The molecule has 1 aliphatic rings. The first kappa shape index (κ1) is 18.2. The maximum absolute atomic E-state index is 12.8. The van der Waals surface area contributed by atoms with E-state index in [-0.39, 0.29) is 5.57 Å². The fraction of sp³-hybridized carbons (Fsp3) is 0.105. The Hall–Kier alpha value is -2.63. The van der Waals surface area contributed by atoms with Gasteiger partial charge < -0.3 is 0 Å². The van der Waals surface area contributed by atoms with E-state index < -0.39 is 17.8 Å². The lowest BCUT2D eigenvalue weighted by molar-refractivity contribution is -0.122. The Labute approximate surface area is 160 Å². The standard InChI is InChI=1S/C19H14Cl2N2O3/c1-10-3-5-13(7-11(10)2)23-18(25)14(17(24)22-19(23)26)8-12-4-6-15(20)16(21)9-12/h3-9H,1-2H3,(H,22,24,26)/b14-8+. The van der Waals surface area contributed by atoms with Crippen LogP contribution in [0, 0.1) is 13.8 Å². The summed E-state index contributed by atoms with van der Waals surface area (Å²) in [6.45, 7) is 3.80. The smallest absolute Gasteiger partial charge is 0.273 e. The van der Waals surface area contributed by atoms with E-state index in [1.165, 1.54) is 12.1 Å². The molecule has 1 fully saturated rings. The van der Waals surface area contributed by atoms with Crippen molar-refractivity contribution in [1.29, 1.82) is 0 Å². The Morgan fingerprint density at radius 2 is 1.65 bits per heavy atom. The number of carbonyl (C=O) groups is 3. The number of anilines is 1. The van der Waals surface area contributed by atoms with Crippen LogP contribution in [0.2, 0.25) is 10.0 Å². The third-order valence-corrected chi connectivity index (χ3v) is 4.84. The SMILES string of the molecule is Cc1ccc(N2C(=O)NC(=O)/C(=C\c3ccc(Cl)c(Cl)c3)C2=O)cc1C. The topological polar surface area (TPSA) is 66.5 Å². The summed E-state index contributed by atoms with van der Waals surface area (Å²) in [7, 11) is 0. The first-order valence-electron chi connectivity index (χ1n) is 7.71. The van der Waals surface area contributed by atoms with Crippen LogP contribution in [-0.2, 0) is 9.59 Å². The van der Waals surface area contributed by atoms with Crippen molar-refractivity contribution in [1.82, 2.24) is 5.32 Å². The summed E-state index contributed by atoms with van der Waals surface area (Å²) in [5, 5.41) is 2.85. The number of aryl methyl sites for hydroxylation is 2. The molecule has 1 saturated heterocycles. The van der Waals surface area contributed by atoms with Gasteiger partial charge in [-0.25, -0.2) is 9.69 Å². The minimum Gasteiger partial charge on any atom is -0.273 e. The number of rotatable bonds is 2. The number of carbonyl (C=O) groups excluding carboxylic acids is 3. The number of hydrogen-bond acceptors (Lipinski definition) is 3. The molecule has 2 aromatic rings. The summed E-state index contributed by atoms with van der Waals surface area (Å²) >= 11 is 11.9. The number of nitrogens with one attached hydrogen (secondary N) is 1. The van der Waals surface area contributed by atoms with Crippen LogP contribution in [0.15, 0.2) is 42.0 Å². The summed E-state index contributed by atoms with van der Waals surface area (Å²) in [6, 6.07) is 9.13. The van der Waals surface area contributed by atoms with Crippen LogP contribution in [0.25, 0.3) is 6.08 Å². The number of imide groups is 2. The van der Waals surface area contributed by atoms with Gasteiger partial charge in [-0.15, -0.1) is 0 Å². The molecule has 1 aliphatic heterocycles. The fourth-order valence-corrected chi connectivity index (χ4v) is 2.83. The molecule has 26 heavy (non-hydrogen) atoms. The van der Waals surface area contributed by atoms with E-state index in [0.29, 0.717) is 21.3 Å². The Bertz CT molecular complexity index is 983. The number of urea groups is 1. The number of benzene rings is 2. The molecule has 0 unspecified atom stereocenters. The van der Waals surface area contributed by atoms with E-state index in [2.05, 4.69) is 5.32 Å². The molecule has 0 bridgehead atoms. The van der Waals surface area contributed by atoms with Crippen molar-refractivity contribution >= 4 is 52.8 Å². The lowest BCUT2D eigenvalue weighted by Crippen LogP contribution is -2.54. The molecule has 0 saturated carbocycles. The lowest BCUT2D eigenvalue weighted by atomic mass is 10.1. The van der Waals surface area contributed by atoms with Crippen LogP contribution in [0.5, 0.6) is 0 Å². The highest BCUT2D eigenvalue weighted by Gasteiger charge is 2.36. The minimum atomic E-state index is -0.783. The van der Waals surface area contributed by atoms with Crippen molar-refractivity contribution in [2.45, 2.75) is 13.8 Å². The molecule has 0 spiro atoms. The van der Waals surface area contributed by atoms with Gasteiger partial charge in [-0.05, 0) is 60.9 Å². The van der Waals surface area contributed by atoms with Crippen LogP contribution in [-0.4, -0.2) is 17.8 Å². The van der Waals surface area contributed by atoms with Crippen LogP contribution in [0.3, 0.4) is 0 Å². The van der Waals surface area contributed by atoms with Crippen molar-refractivity contribution in [3.63, 3.8) is 0 Å². The van der Waals surface area contributed by atoms with E-state index in [9.17, 15) is 14.4 Å². The molecule has 3 rings (SSSR count). The second-order valence-electron chi connectivity index (χ2n) is 5.90. The molecule has 4 amide bonds. The van der Waals surface area contributed by atoms with Crippen LogP contribution in [0.4, 0.5) is 10.5 Å². The Kier molecular flexibility index (Phi) is 4.85. The quantitative estimate of drug-likeness (QED) is 0.616. The summed E-state index contributed by atoms with van der Waals surface area (Å²) in [4.78, 5) is 38.1. The molecule has 1 heterocycles. The molecule has 0 atom stereocenters. The Balaban J connectivity index is 2.03. The molecule has 1 N–H and O–H groups in total. The summed E-state index contributed by atoms with van der Waals surface area (Å²) < 4.78 is 0.